The van der Waals surface area contributed by atoms with Gasteiger partial charge in [0.25, 0.3) is 0 Å². The van der Waals surface area contributed by atoms with Gasteiger partial charge in [-0.3, -0.25) is 9.59 Å². The number of ketones is 2. The first-order valence-electron chi connectivity index (χ1n) is 2.86. The summed E-state index contributed by atoms with van der Waals surface area (Å²) in [6.45, 7) is 0. The van der Waals surface area contributed by atoms with E-state index in [1.807, 2.05) is 0 Å². The van der Waals surface area contributed by atoms with Crippen molar-refractivity contribution in [3.8, 4) is 0 Å². The largest absolute Gasteiger partial charge is 0.432 e. The maximum absolute atomic E-state index is 10.3. The van der Waals surface area contributed by atoms with Crippen LogP contribution < -0.4 is 0 Å². The number of carbonyl (C=O) groups excluding carboxylic acids is 2. The quantitative estimate of drug-likeness (QED) is 0.328. The lowest BCUT2D eigenvalue weighted by Crippen LogP contribution is -1.97. The van der Waals surface area contributed by atoms with Crippen molar-refractivity contribution in [1.82, 2.24) is 0 Å². The molecule has 0 spiro atoms. The van der Waals surface area contributed by atoms with Gasteiger partial charge >= 0.3 is 7.69 Å². The van der Waals surface area contributed by atoms with Crippen LogP contribution in [0, 0.1) is 0 Å². The summed E-state index contributed by atoms with van der Waals surface area (Å²) in [4.78, 5) is 20.6. The van der Waals surface area contributed by atoms with E-state index in [0.717, 1.165) is 0 Å². The maximum Gasteiger partial charge on any atom is 0.432 e. The van der Waals surface area contributed by atoms with Crippen molar-refractivity contribution in [2.45, 2.75) is 0 Å². The summed E-state index contributed by atoms with van der Waals surface area (Å²) in [6.07, 6.45) is 5.01. The highest BCUT2D eigenvalue weighted by Gasteiger charge is 1.97. The fourth-order valence-corrected chi connectivity index (χ4v) is 0.440. The average molecular weight is 154 g/mol. The van der Waals surface area contributed by atoms with Gasteiger partial charge in [0, 0.05) is 0 Å². The third-order valence-electron chi connectivity index (χ3n) is 0.824. The molecule has 4 nitrogen and oxygen atoms in total. The van der Waals surface area contributed by atoms with Crippen LogP contribution >= 0.6 is 0 Å². The summed E-state index contributed by atoms with van der Waals surface area (Å²) in [5.74, 6) is -0.241. The van der Waals surface area contributed by atoms with Crippen LogP contribution in [0.1, 0.15) is 0 Å². The van der Waals surface area contributed by atoms with Gasteiger partial charge in [-0.1, -0.05) is 0 Å². The Hall–Kier alpha value is -1.20. The highest BCUT2D eigenvalue weighted by atomic mass is 16.4. The number of hydrogen-bond acceptors (Lipinski definition) is 4. The molecule has 1 aliphatic carbocycles. The molecule has 0 aromatic heterocycles. The molecule has 1 rings (SSSR count). The summed E-state index contributed by atoms with van der Waals surface area (Å²) in [7, 11) is -0.750. The zero-order valence-corrected chi connectivity index (χ0v) is 5.73. The minimum Gasteiger partial charge on any atom is -0.430 e. The summed E-state index contributed by atoms with van der Waals surface area (Å²) in [6, 6.07) is 0. The zero-order valence-electron chi connectivity index (χ0n) is 5.73. The molecule has 0 aromatic carbocycles. The van der Waals surface area contributed by atoms with E-state index in [4.69, 9.17) is 10.0 Å². The Morgan fingerprint density at radius 3 is 1.27 bits per heavy atom. The SMILES string of the molecule is O=C1C=CC(=O)C=C1.OBO. The molecule has 2 N–H and O–H groups in total. The van der Waals surface area contributed by atoms with Gasteiger partial charge in [-0.25, -0.2) is 0 Å². The molecule has 0 heterocycles. The van der Waals surface area contributed by atoms with Gasteiger partial charge in [-0.15, -0.1) is 0 Å². The third-order valence-corrected chi connectivity index (χ3v) is 0.824. The normalized spacial score (nSPS) is 14.0. The average Bonchev–Trinajstić information content (AvgIpc) is 1.97. The van der Waals surface area contributed by atoms with E-state index in [1.165, 1.54) is 24.3 Å². The van der Waals surface area contributed by atoms with Gasteiger partial charge in [-0.05, 0) is 24.3 Å². The Kier molecular flexibility index (Phi) is 4.97. The van der Waals surface area contributed by atoms with Crippen molar-refractivity contribution >= 4 is 19.3 Å². The molecule has 0 atom stereocenters. The van der Waals surface area contributed by atoms with Crippen LogP contribution in [0.2, 0.25) is 0 Å². The van der Waals surface area contributed by atoms with E-state index >= 15 is 0 Å². The Morgan fingerprint density at radius 2 is 1.09 bits per heavy atom. The standard InChI is InChI=1S/C6H4O2.BH3O2/c7-5-1-2-6(8)4-3-5;2-1-3/h1-4H;1-3H. The fraction of sp³-hybridized carbons (Fsp3) is 0. The molecule has 0 aliphatic heterocycles. The third kappa shape index (κ3) is 5.26. The van der Waals surface area contributed by atoms with Gasteiger partial charge in [0.15, 0.2) is 11.6 Å². The second-order valence-corrected chi connectivity index (χ2v) is 1.61. The van der Waals surface area contributed by atoms with Crippen LogP contribution in [-0.2, 0) is 9.59 Å². The number of hydrogen-bond donors (Lipinski definition) is 2. The molecule has 0 aromatic rings. The van der Waals surface area contributed by atoms with Crippen LogP contribution in [0.25, 0.3) is 0 Å². The van der Waals surface area contributed by atoms with Gasteiger partial charge in [-0.2, -0.15) is 0 Å². The number of rotatable bonds is 0. The fourth-order valence-electron chi connectivity index (χ4n) is 0.440. The highest BCUT2D eigenvalue weighted by molar-refractivity contribution is 6.14. The second kappa shape index (κ2) is 5.58. The summed E-state index contributed by atoms with van der Waals surface area (Å²) < 4.78 is 0. The zero-order chi connectivity index (χ0) is 8.69. The number of allylic oxidation sites excluding steroid dienone is 4. The minimum atomic E-state index is -0.750. The molecular weight excluding hydrogens is 147 g/mol. The molecule has 0 saturated heterocycles. The van der Waals surface area contributed by atoms with Crippen LogP contribution in [0.5, 0.6) is 0 Å². The lowest BCUT2D eigenvalue weighted by molar-refractivity contribution is -0.113. The summed E-state index contributed by atoms with van der Waals surface area (Å²) >= 11 is 0. The van der Waals surface area contributed by atoms with Gasteiger partial charge in [0.2, 0.25) is 0 Å². The van der Waals surface area contributed by atoms with Crippen LogP contribution in [0.4, 0.5) is 0 Å². The van der Waals surface area contributed by atoms with E-state index in [2.05, 4.69) is 0 Å². The van der Waals surface area contributed by atoms with Crippen molar-refractivity contribution in [2.75, 3.05) is 0 Å². The Morgan fingerprint density at radius 1 is 0.909 bits per heavy atom. The minimum absolute atomic E-state index is 0.121. The molecule has 5 heteroatoms. The van der Waals surface area contributed by atoms with Crippen LogP contribution in [0.15, 0.2) is 24.3 Å². The molecule has 0 radical (unpaired) electrons. The first kappa shape index (κ1) is 9.80. The summed E-state index contributed by atoms with van der Waals surface area (Å²) in [5.41, 5.74) is 0. The van der Waals surface area contributed by atoms with Gasteiger partial charge in [0.05, 0.1) is 0 Å². The molecule has 0 fully saturated rings. The molecule has 1 aliphatic rings. The van der Waals surface area contributed by atoms with Crippen molar-refractivity contribution in [3.05, 3.63) is 24.3 Å². The first-order valence-corrected chi connectivity index (χ1v) is 2.86. The Balaban J connectivity index is 0.000000292. The predicted octanol–water partition coefficient (Wildman–Crippen LogP) is -1.51. The lowest BCUT2D eigenvalue weighted by Gasteiger charge is -1.87. The van der Waals surface area contributed by atoms with E-state index < -0.39 is 7.69 Å². The van der Waals surface area contributed by atoms with Crippen molar-refractivity contribution in [2.24, 2.45) is 0 Å². The van der Waals surface area contributed by atoms with Gasteiger partial charge in [0.1, 0.15) is 0 Å². The van der Waals surface area contributed by atoms with Crippen LogP contribution in [-0.4, -0.2) is 29.3 Å². The maximum atomic E-state index is 10.3. The van der Waals surface area contributed by atoms with Crippen molar-refractivity contribution < 1.29 is 19.6 Å². The molecule has 0 unspecified atom stereocenters. The monoisotopic (exact) mass is 154 g/mol. The molecule has 11 heavy (non-hydrogen) atoms. The van der Waals surface area contributed by atoms with Gasteiger partial charge < -0.3 is 10.0 Å². The Bertz CT molecular complexity index is 169. The molecular formula is C6H7BO4. The van der Waals surface area contributed by atoms with Crippen molar-refractivity contribution in [1.29, 1.82) is 0 Å². The van der Waals surface area contributed by atoms with E-state index in [-0.39, 0.29) is 11.6 Å². The van der Waals surface area contributed by atoms with Crippen molar-refractivity contribution in [3.63, 3.8) is 0 Å². The van der Waals surface area contributed by atoms with E-state index in [0.29, 0.717) is 0 Å². The smallest absolute Gasteiger partial charge is 0.430 e. The first-order chi connectivity index (χ1) is 5.20. The van der Waals surface area contributed by atoms with Crippen LogP contribution in [0.3, 0.4) is 0 Å². The second-order valence-electron chi connectivity index (χ2n) is 1.61. The number of carbonyl (C=O) groups is 2. The topological polar surface area (TPSA) is 74.6 Å². The molecule has 0 amide bonds. The highest BCUT2D eigenvalue weighted by Crippen LogP contribution is 1.90. The molecule has 58 valence electrons. The Labute approximate surface area is 64.2 Å². The summed E-state index contributed by atoms with van der Waals surface area (Å²) in [5, 5.41) is 14.2. The van der Waals surface area contributed by atoms with E-state index in [1.54, 1.807) is 0 Å². The molecule has 0 saturated carbocycles. The predicted molar refractivity (Wildman–Crippen MR) is 39.9 cm³/mol. The lowest BCUT2D eigenvalue weighted by atomic mass is 10.2. The van der Waals surface area contributed by atoms with E-state index in [9.17, 15) is 9.59 Å². The molecule has 0 bridgehead atoms.